The Labute approximate surface area is 128 Å². The van der Waals surface area contributed by atoms with Gasteiger partial charge in [0, 0.05) is 24.3 Å². The minimum Gasteiger partial charge on any atom is -0.438 e. The average Bonchev–Trinajstić information content (AvgIpc) is 2.40. The smallest absolute Gasteiger partial charge is 0.219 e. The lowest BCUT2D eigenvalue weighted by atomic mass is 10.2. The molecular weight excluding hydrogens is 316 g/mol. The van der Waals surface area contributed by atoms with Crippen LogP contribution >= 0.6 is 15.9 Å². The second-order valence-corrected chi connectivity index (χ2v) is 5.82. The summed E-state index contributed by atoms with van der Waals surface area (Å²) in [5, 5.41) is 3.39. The fourth-order valence-corrected chi connectivity index (χ4v) is 2.13. The van der Waals surface area contributed by atoms with E-state index in [1.54, 1.807) is 0 Å². The number of para-hydroxylation sites is 1. The van der Waals surface area contributed by atoms with Gasteiger partial charge in [0.2, 0.25) is 5.88 Å². The lowest BCUT2D eigenvalue weighted by molar-refractivity contribution is 0.458. The van der Waals surface area contributed by atoms with Crippen LogP contribution in [-0.4, -0.2) is 11.0 Å². The Balaban J connectivity index is 2.11. The van der Waals surface area contributed by atoms with Crippen molar-refractivity contribution in [1.29, 1.82) is 0 Å². The minimum atomic E-state index is 0.464. The monoisotopic (exact) mass is 334 g/mol. The summed E-state index contributed by atoms with van der Waals surface area (Å²) >= 11 is 3.46. The summed E-state index contributed by atoms with van der Waals surface area (Å²) in [7, 11) is 0. The van der Waals surface area contributed by atoms with Crippen molar-refractivity contribution in [3.63, 3.8) is 0 Å². The van der Waals surface area contributed by atoms with Crippen molar-refractivity contribution in [3.8, 4) is 11.6 Å². The summed E-state index contributed by atoms with van der Waals surface area (Å²) in [5.41, 5.74) is 2.18. The highest BCUT2D eigenvalue weighted by atomic mass is 79.9. The molecule has 4 heteroatoms. The summed E-state index contributed by atoms with van der Waals surface area (Å²) in [6.07, 6.45) is 0. The van der Waals surface area contributed by atoms with Crippen molar-refractivity contribution >= 4 is 15.9 Å². The van der Waals surface area contributed by atoms with E-state index in [0.29, 0.717) is 11.9 Å². The fraction of sp³-hybridized carbons (Fsp3) is 0.312. The van der Waals surface area contributed by atoms with Gasteiger partial charge in [0.1, 0.15) is 5.75 Å². The van der Waals surface area contributed by atoms with Crippen LogP contribution in [0.25, 0.3) is 0 Å². The van der Waals surface area contributed by atoms with Gasteiger partial charge < -0.3 is 10.1 Å². The molecule has 2 aromatic rings. The van der Waals surface area contributed by atoms with E-state index in [2.05, 4.69) is 46.1 Å². The normalized spacial score (nSPS) is 10.8. The number of hydrogen-bond donors (Lipinski definition) is 1. The summed E-state index contributed by atoms with van der Waals surface area (Å²) in [5.74, 6) is 1.38. The zero-order chi connectivity index (χ0) is 14.5. The minimum absolute atomic E-state index is 0.464. The number of aromatic nitrogens is 1. The third-order valence-corrected chi connectivity index (χ3v) is 3.58. The zero-order valence-corrected chi connectivity index (χ0v) is 13.6. The van der Waals surface area contributed by atoms with Crippen LogP contribution in [-0.2, 0) is 6.54 Å². The molecule has 20 heavy (non-hydrogen) atoms. The maximum atomic E-state index is 5.79. The van der Waals surface area contributed by atoms with Crippen LogP contribution < -0.4 is 10.1 Å². The van der Waals surface area contributed by atoms with E-state index in [1.165, 1.54) is 5.56 Å². The molecule has 0 saturated heterocycles. The van der Waals surface area contributed by atoms with E-state index < -0.39 is 0 Å². The number of benzene rings is 1. The Kier molecular flexibility index (Phi) is 5.15. The number of rotatable bonds is 5. The zero-order valence-electron chi connectivity index (χ0n) is 12.0. The van der Waals surface area contributed by atoms with Crippen LogP contribution in [0.3, 0.4) is 0 Å². The number of nitrogens with one attached hydrogen (secondary N) is 1. The van der Waals surface area contributed by atoms with E-state index in [0.717, 1.165) is 22.5 Å². The maximum absolute atomic E-state index is 5.79. The first-order valence-electron chi connectivity index (χ1n) is 6.68. The highest BCUT2D eigenvalue weighted by Crippen LogP contribution is 2.28. The predicted molar refractivity (Wildman–Crippen MR) is 85.2 cm³/mol. The van der Waals surface area contributed by atoms with Crippen molar-refractivity contribution in [3.05, 3.63) is 52.1 Å². The van der Waals surface area contributed by atoms with Gasteiger partial charge >= 0.3 is 0 Å². The molecule has 0 aliphatic carbocycles. The first-order valence-corrected chi connectivity index (χ1v) is 7.48. The molecule has 0 bridgehead atoms. The number of halogens is 1. The van der Waals surface area contributed by atoms with Gasteiger partial charge in [-0.25, -0.2) is 4.98 Å². The summed E-state index contributed by atoms with van der Waals surface area (Å²) in [6.45, 7) is 7.09. The van der Waals surface area contributed by atoms with Gasteiger partial charge in [-0.2, -0.15) is 0 Å². The predicted octanol–water partition coefficient (Wildman–Crippen LogP) is 4.44. The standard InChI is InChI=1S/C16H19BrN2O/c1-11(2)18-10-13-8-9-16(19-12(13)3)20-15-7-5-4-6-14(15)17/h4-9,11,18H,10H2,1-3H3. The van der Waals surface area contributed by atoms with Crippen LogP contribution in [0.1, 0.15) is 25.1 Å². The van der Waals surface area contributed by atoms with E-state index in [9.17, 15) is 0 Å². The first-order chi connectivity index (χ1) is 9.56. The average molecular weight is 335 g/mol. The molecule has 0 radical (unpaired) electrons. The van der Waals surface area contributed by atoms with Gasteiger partial charge in [-0.15, -0.1) is 0 Å². The topological polar surface area (TPSA) is 34.1 Å². The summed E-state index contributed by atoms with van der Waals surface area (Å²) in [6, 6.07) is 12.2. The molecular formula is C16H19BrN2O. The first kappa shape index (κ1) is 15.0. The molecule has 2 rings (SSSR count). The van der Waals surface area contributed by atoms with Gasteiger partial charge in [-0.1, -0.05) is 32.0 Å². The van der Waals surface area contributed by atoms with E-state index in [-0.39, 0.29) is 0 Å². The quantitative estimate of drug-likeness (QED) is 0.877. The van der Waals surface area contributed by atoms with Gasteiger partial charge in [-0.3, -0.25) is 0 Å². The van der Waals surface area contributed by atoms with Gasteiger partial charge in [0.05, 0.1) is 4.47 Å². The third-order valence-electron chi connectivity index (χ3n) is 2.92. The Bertz CT molecular complexity index is 584. The Morgan fingerprint density at radius 2 is 1.95 bits per heavy atom. The second kappa shape index (κ2) is 6.86. The van der Waals surface area contributed by atoms with Crippen LogP contribution in [0.4, 0.5) is 0 Å². The van der Waals surface area contributed by atoms with Gasteiger partial charge in [0.15, 0.2) is 0 Å². The molecule has 1 aromatic heterocycles. The Hall–Kier alpha value is -1.39. The van der Waals surface area contributed by atoms with Crippen LogP contribution in [0.15, 0.2) is 40.9 Å². The Morgan fingerprint density at radius 3 is 2.60 bits per heavy atom. The molecule has 0 spiro atoms. The van der Waals surface area contributed by atoms with E-state index in [4.69, 9.17) is 4.74 Å². The highest BCUT2D eigenvalue weighted by molar-refractivity contribution is 9.10. The van der Waals surface area contributed by atoms with Crippen LogP contribution in [0.2, 0.25) is 0 Å². The highest BCUT2D eigenvalue weighted by Gasteiger charge is 2.06. The fourth-order valence-electron chi connectivity index (χ4n) is 1.76. The molecule has 1 aromatic carbocycles. The number of nitrogens with zero attached hydrogens (tertiary/aromatic N) is 1. The molecule has 1 N–H and O–H groups in total. The number of hydrogen-bond acceptors (Lipinski definition) is 3. The molecule has 1 heterocycles. The number of aryl methyl sites for hydroxylation is 1. The third kappa shape index (κ3) is 4.05. The molecule has 106 valence electrons. The van der Waals surface area contributed by atoms with Crippen LogP contribution in [0, 0.1) is 6.92 Å². The Morgan fingerprint density at radius 1 is 1.20 bits per heavy atom. The van der Waals surface area contributed by atoms with Gasteiger partial charge in [-0.05, 0) is 40.5 Å². The number of ether oxygens (including phenoxy) is 1. The largest absolute Gasteiger partial charge is 0.438 e. The molecule has 0 aliphatic rings. The lowest BCUT2D eigenvalue weighted by Crippen LogP contribution is -2.22. The second-order valence-electron chi connectivity index (χ2n) is 4.96. The lowest BCUT2D eigenvalue weighted by Gasteiger charge is -2.12. The van der Waals surface area contributed by atoms with Crippen molar-refractivity contribution in [2.24, 2.45) is 0 Å². The summed E-state index contributed by atoms with van der Waals surface area (Å²) in [4.78, 5) is 4.50. The molecule has 0 amide bonds. The molecule has 0 atom stereocenters. The SMILES string of the molecule is Cc1nc(Oc2ccccc2Br)ccc1CNC(C)C. The molecule has 0 aliphatic heterocycles. The van der Waals surface area contributed by atoms with E-state index in [1.807, 2.05) is 37.3 Å². The molecule has 0 unspecified atom stereocenters. The van der Waals surface area contributed by atoms with Gasteiger partial charge in [0.25, 0.3) is 0 Å². The summed E-state index contributed by atoms with van der Waals surface area (Å²) < 4.78 is 6.71. The molecule has 0 fully saturated rings. The van der Waals surface area contributed by atoms with E-state index >= 15 is 0 Å². The maximum Gasteiger partial charge on any atom is 0.219 e. The molecule has 0 saturated carbocycles. The number of pyridine rings is 1. The van der Waals surface area contributed by atoms with Crippen LogP contribution in [0.5, 0.6) is 11.6 Å². The van der Waals surface area contributed by atoms with Crippen molar-refractivity contribution in [2.75, 3.05) is 0 Å². The van der Waals surface area contributed by atoms with Crippen molar-refractivity contribution in [2.45, 2.75) is 33.4 Å². The molecule has 3 nitrogen and oxygen atoms in total. The van der Waals surface area contributed by atoms with Crippen molar-refractivity contribution in [1.82, 2.24) is 10.3 Å². The van der Waals surface area contributed by atoms with Crippen molar-refractivity contribution < 1.29 is 4.74 Å².